The lowest BCUT2D eigenvalue weighted by atomic mass is 10.1. The Labute approximate surface area is 154 Å². The molecule has 0 amide bonds. The fourth-order valence-corrected chi connectivity index (χ4v) is 2.06. The molecule has 2 heterocycles. The first-order chi connectivity index (χ1) is 12.8. The molecule has 27 heavy (non-hydrogen) atoms. The van der Waals surface area contributed by atoms with Gasteiger partial charge in [0.1, 0.15) is 12.7 Å². The van der Waals surface area contributed by atoms with Crippen molar-refractivity contribution in [2.24, 2.45) is 0 Å². The van der Waals surface area contributed by atoms with Crippen LogP contribution in [0.3, 0.4) is 0 Å². The number of hydrogen-bond donors (Lipinski definition) is 2. The summed E-state index contributed by atoms with van der Waals surface area (Å²) in [6.07, 6.45) is -0.421. The third kappa shape index (κ3) is 5.40. The van der Waals surface area contributed by atoms with Gasteiger partial charge >= 0.3 is 23.9 Å². The highest BCUT2D eigenvalue weighted by Gasteiger charge is 2.17. The summed E-state index contributed by atoms with van der Waals surface area (Å²) >= 11 is 0. The summed E-state index contributed by atoms with van der Waals surface area (Å²) in [4.78, 5) is 43.5. The molecule has 0 fully saturated rings. The lowest BCUT2D eigenvalue weighted by Gasteiger charge is -2.15. The molecule has 0 radical (unpaired) electrons. The van der Waals surface area contributed by atoms with Crippen molar-refractivity contribution in [3.63, 3.8) is 0 Å². The predicted molar refractivity (Wildman–Crippen MR) is 92.0 cm³/mol. The number of ether oxygens (including phenoxy) is 2. The number of aromatic carboxylic acids is 2. The number of carboxylic acids is 2. The lowest BCUT2D eigenvalue weighted by molar-refractivity contribution is 0.00395. The molecule has 140 valence electrons. The second-order valence-electron chi connectivity index (χ2n) is 5.58. The van der Waals surface area contributed by atoms with E-state index in [1.807, 2.05) is 0 Å². The Morgan fingerprint density at radius 2 is 1.22 bits per heavy atom. The molecule has 2 aromatic rings. The summed E-state index contributed by atoms with van der Waals surface area (Å²) < 4.78 is 9.98. The molecule has 0 aromatic heterocycles. The highest BCUT2D eigenvalue weighted by atomic mass is 16.6. The van der Waals surface area contributed by atoms with Crippen LogP contribution in [0.4, 0.5) is 0 Å². The van der Waals surface area contributed by atoms with Crippen LogP contribution in [0.25, 0.3) is 0 Å². The molecule has 2 N–H and O–H groups in total. The number of rotatable bonds is 2. The van der Waals surface area contributed by atoms with Gasteiger partial charge in [-0.05, 0) is 55.5 Å². The van der Waals surface area contributed by atoms with E-state index < -0.39 is 30.0 Å². The average Bonchev–Trinajstić information content (AvgIpc) is 2.66. The van der Waals surface area contributed by atoms with Crippen LogP contribution in [-0.4, -0.2) is 46.8 Å². The molecule has 2 aliphatic rings. The Morgan fingerprint density at radius 1 is 0.815 bits per heavy atom. The molecule has 4 rings (SSSR count). The Bertz CT molecular complexity index is 819. The second kappa shape index (κ2) is 8.61. The average molecular weight is 372 g/mol. The van der Waals surface area contributed by atoms with Crippen LogP contribution in [0.2, 0.25) is 0 Å². The van der Waals surface area contributed by atoms with Crippen LogP contribution in [0, 0.1) is 0 Å². The van der Waals surface area contributed by atoms with Crippen molar-refractivity contribution in [2.45, 2.75) is 13.0 Å². The molecule has 0 saturated heterocycles. The van der Waals surface area contributed by atoms with Gasteiger partial charge in [-0.1, -0.05) is 0 Å². The Balaban J connectivity index is 0.000000199. The topological polar surface area (TPSA) is 127 Å². The first-order valence-electron chi connectivity index (χ1n) is 7.82. The van der Waals surface area contributed by atoms with E-state index >= 15 is 0 Å². The van der Waals surface area contributed by atoms with Gasteiger partial charge in [-0.25, -0.2) is 19.2 Å². The Morgan fingerprint density at radius 3 is 1.63 bits per heavy atom. The number of carboxylic acid groups (broad SMARTS) is 2. The van der Waals surface area contributed by atoms with Gasteiger partial charge in [0, 0.05) is 0 Å². The zero-order chi connectivity index (χ0) is 20.0. The monoisotopic (exact) mass is 372 g/mol. The minimum absolute atomic E-state index is 0.0833. The van der Waals surface area contributed by atoms with Crippen LogP contribution >= 0.6 is 0 Å². The van der Waals surface area contributed by atoms with Crippen molar-refractivity contribution < 1.29 is 38.9 Å². The van der Waals surface area contributed by atoms with Crippen LogP contribution < -0.4 is 0 Å². The quantitative estimate of drug-likeness (QED) is 0.770. The van der Waals surface area contributed by atoms with Gasteiger partial charge in [0.15, 0.2) is 0 Å². The third-order valence-electron chi connectivity index (χ3n) is 3.49. The maximum absolute atomic E-state index is 11.5. The molecule has 2 aromatic carbocycles. The van der Waals surface area contributed by atoms with E-state index in [-0.39, 0.29) is 17.7 Å². The van der Waals surface area contributed by atoms with Crippen molar-refractivity contribution in [3.05, 3.63) is 70.8 Å². The number of benzene rings is 2. The molecular formula is C19H16O8. The van der Waals surface area contributed by atoms with Gasteiger partial charge in [-0.15, -0.1) is 0 Å². The van der Waals surface area contributed by atoms with Crippen LogP contribution in [0.5, 0.6) is 0 Å². The van der Waals surface area contributed by atoms with Gasteiger partial charge < -0.3 is 19.7 Å². The Hall–Kier alpha value is -3.68. The Kier molecular flexibility index (Phi) is 6.27. The van der Waals surface area contributed by atoms with Crippen molar-refractivity contribution in [1.82, 2.24) is 0 Å². The van der Waals surface area contributed by atoms with Crippen molar-refractivity contribution in [3.8, 4) is 0 Å². The fraction of sp³-hybridized carbons (Fsp3) is 0.158. The summed E-state index contributed by atoms with van der Waals surface area (Å²) in [5.41, 5.74) is 1.06. The van der Waals surface area contributed by atoms with Crippen molar-refractivity contribution >= 4 is 23.9 Å². The minimum atomic E-state index is -1.06. The van der Waals surface area contributed by atoms with Gasteiger partial charge in [0.25, 0.3) is 0 Å². The van der Waals surface area contributed by atoms with E-state index in [2.05, 4.69) is 0 Å². The summed E-state index contributed by atoms with van der Waals surface area (Å²) in [5, 5.41) is 16.9. The first-order valence-corrected chi connectivity index (χ1v) is 7.82. The molecule has 1 atom stereocenters. The predicted octanol–water partition coefficient (Wildman–Crippen LogP) is 2.49. The number of esters is 2. The summed E-state index contributed by atoms with van der Waals surface area (Å²) in [5.74, 6) is -2.92. The third-order valence-corrected chi connectivity index (χ3v) is 3.49. The molecule has 0 spiro atoms. The van der Waals surface area contributed by atoms with Gasteiger partial charge in [0.05, 0.1) is 22.3 Å². The molecule has 8 nitrogen and oxygen atoms in total. The number of carbonyl (C=O) groups is 4. The smallest absolute Gasteiger partial charge is 0.338 e. The van der Waals surface area contributed by atoms with Crippen molar-refractivity contribution in [1.29, 1.82) is 0 Å². The van der Waals surface area contributed by atoms with E-state index in [9.17, 15) is 19.2 Å². The normalized spacial score (nSPS) is 15.7. The molecule has 8 heteroatoms. The maximum Gasteiger partial charge on any atom is 0.338 e. The highest BCUT2D eigenvalue weighted by molar-refractivity contribution is 5.94. The highest BCUT2D eigenvalue weighted by Crippen LogP contribution is 2.11. The van der Waals surface area contributed by atoms with Gasteiger partial charge in [-0.2, -0.15) is 0 Å². The molecule has 2 bridgehead atoms. The number of fused-ring (bicyclic) bond motifs is 7. The minimum Gasteiger partial charge on any atom is -0.478 e. The van der Waals surface area contributed by atoms with E-state index in [0.717, 1.165) is 0 Å². The van der Waals surface area contributed by atoms with E-state index in [0.29, 0.717) is 11.1 Å². The van der Waals surface area contributed by atoms with E-state index in [4.69, 9.17) is 19.7 Å². The summed E-state index contributed by atoms with van der Waals surface area (Å²) in [6.45, 7) is 1.77. The number of hydrogen-bond acceptors (Lipinski definition) is 6. The van der Waals surface area contributed by atoms with Crippen LogP contribution in [-0.2, 0) is 9.47 Å². The van der Waals surface area contributed by atoms with E-state index in [1.54, 1.807) is 31.2 Å². The summed E-state index contributed by atoms with van der Waals surface area (Å²) in [6, 6.07) is 11.2. The van der Waals surface area contributed by atoms with E-state index in [1.165, 1.54) is 24.3 Å². The van der Waals surface area contributed by atoms with Gasteiger partial charge in [0.2, 0.25) is 0 Å². The number of carbonyl (C=O) groups excluding carboxylic acids is 2. The summed E-state index contributed by atoms with van der Waals surface area (Å²) in [7, 11) is 0. The fourth-order valence-electron chi connectivity index (χ4n) is 2.06. The largest absolute Gasteiger partial charge is 0.478 e. The molecule has 1 unspecified atom stereocenters. The molecular weight excluding hydrogens is 356 g/mol. The maximum atomic E-state index is 11.5. The lowest BCUT2D eigenvalue weighted by Crippen LogP contribution is -2.23. The molecule has 0 saturated carbocycles. The van der Waals surface area contributed by atoms with Gasteiger partial charge in [-0.3, -0.25) is 0 Å². The molecule has 0 aliphatic carbocycles. The second-order valence-corrected chi connectivity index (χ2v) is 5.58. The first kappa shape index (κ1) is 19.6. The van der Waals surface area contributed by atoms with Crippen molar-refractivity contribution in [2.75, 3.05) is 6.61 Å². The van der Waals surface area contributed by atoms with Crippen LogP contribution in [0.15, 0.2) is 48.5 Å². The van der Waals surface area contributed by atoms with Crippen LogP contribution in [0.1, 0.15) is 48.4 Å². The SMILES string of the molecule is CC1COC(=O)c2ccc(cc2)C(=O)O1.O=C(O)c1ccc(C(=O)O)cc1. The molecule has 2 aliphatic heterocycles. The zero-order valence-electron chi connectivity index (χ0n) is 14.2. The standard InChI is InChI=1S/C11H10O4.C8H6O4/c1-7-6-14-10(12)8-2-4-9(5-3-8)11(13)15-7;9-7(10)5-1-2-6(4-3-5)8(11)12/h2-5,7H,6H2,1H3;1-4H,(H,9,10)(H,11,12). The zero-order valence-corrected chi connectivity index (χ0v) is 14.2.